The van der Waals surface area contributed by atoms with Crippen molar-refractivity contribution in [3.05, 3.63) is 83.2 Å². The van der Waals surface area contributed by atoms with Crippen molar-refractivity contribution in [2.75, 3.05) is 26.9 Å². The largest absolute Gasteiger partial charge is 0.497 e. The number of rotatable bonds is 8. The van der Waals surface area contributed by atoms with Gasteiger partial charge in [-0.1, -0.05) is 12.1 Å². The van der Waals surface area contributed by atoms with Gasteiger partial charge in [0.05, 0.1) is 43.7 Å². The number of methoxy groups -OCH3 is 1. The number of carbonyl (C=O) groups is 1. The van der Waals surface area contributed by atoms with Gasteiger partial charge in [0, 0.05) is 18.2 Å². The number of aromatic nitrogens is 1. The minimum Gasteiger partial charge on any atom is -0.497 e. The number of carboxylic acid groups (broad SMARTS) is 1. The number of aliphatic hydroxyl groups is 3. The molecule has 1 heterocycles. The van der Waals surface area contributed by atoms with Gasteiger partial charge in [-0.3, -0.25) is 4.98 Å². The summed E-state index contributed by atoms with van der Waals surface area (Å²) in [6.07, 6.45) is 1.14. The van der Waals surface area contributed by atoms with Crippen LogP contribution in [0.3, 0.4) is 0 Å². The molecule has 0 radical (unpaired) electrons. The van der Waals surface area contributed by atoms with Crippen LogP contribution >= 0.6 is 0 Å². The fourth-order valence-electron chi connectivity index (χ4n) is 2.83. The summed E-state index contributed by atoms with van der Waals surface area (Å²) in [7, 11) is 1.51. The van der Waals surface area contributed by atoms with E-state index < -0.39 is 43.0 Å². The number of nitrogens with zero attached hydrogens (tertiary/aromatic N) is 1. The summed E-state index contributed by atoms with van der Waals surface area (Å²) in [5.74, 6) is -2.14. The van der Waals surface area contributed by atoms with Crippen LogP contribution in [0.4, 0.5) is 8.78 Å². The van der Waals surface area contributed by atoms with Crippen molar-refractivity contribution in [2.45, 2.75) is 12.0 Å². The van der Waals surface area contributed by atoms with Crippen LogP contribution in [0, 0.1) is 11.6 Å². The Kier molecular flexibility index (Phi) is 9.58. The Morgan fingerprint density at radius 1 is 1.00 bits per heavy atom. The lowest BCUT2D eigenvalue weighted by molar-refractivity contribution is 0.0691. The first-order valence-electron chi connectivity index (χ1n) is 10.1. The Balaban J connectivity index is 0.000000440. The Labute approximate surface area is 194 Å². The Morgan fingerprint density at radius 3 is 2.12 bits per heavy atom. The van der Waals surface area contributed by atoms with Gasteiger partial charge in [0.15, 0.2) is 0 Å². The molecule has 6 N–H and O–H groups in total. The van der Waals surface area contributed by atoms with Crippen LogP contribution in [0.25, 0.3) is 11.1 Å². The van der Waals surface area contributed by atoms with Gasteiger partial charge in [-0.2, -0.15) is 0 Å². The maximum absolute atomic E-state index is 14.6. The van der Waals surface area contributed by atoms with E-state index in [1.54, 1.807) is 24.3 Å². The molecule has 0 aliphatic heterocycles. The highest BCUT2D eigenvalue weighted by atomic mass is 19.1. The highest BCUT2D eigenvalue weighted by Crippen LogP contribution is 2.28. The fourth-order valence-corrected chi connectivity index (χ4v) is 2.83. The zero-order chi connectivity index (χ0) is 25.3. The van der Waals surface area contributed by atoms with Gasteiger partial charge < -0.3 is 30.9 Å². The summed E-state index contributed by atoms with van der Waals surface area (Å²) in [6, 6.07) is 12.1. The molecule has 0 unspecified atom stereocenters. The summed E-state index contributed by atoms with van der Waals surface area (Å²) in [6.45, 7) is -1.21. The van der Waals surface area contributed by atoms with Crippen LogP contribution in [0.15, 0.2) is 54.7 Å². The lowest BCUT2D eigenvalue weighted by atomic mass is 9.99. The van der Waals surface area contributed by atoms with E-state index in [0.717, 1.165) is 0 Å². The van der Waals surface area contributed by atoms with Crippen molar-refractivity contribution >= 4 is 5.97 Å². The first-order valence-corrected chi connectivity index (χ1v) is 10.1. The summed E-state index contributed by atoms with van der Waals surface area (Å²) in [4.78, 5) is 15.2. The first kappa shape index (κ1) is 26.8. The number of benzene rings is 2. The maximum atomic E-state index is 14.6. The number of aromatic carboxylic acids is 1. The molecule has 0 saturated carbocycles. The van der Waals surface area contributed by atoms with Crippen molar-refractivity contribution in [3.8, 4) is 16.9 Å². The van der Waals surface area contributed by atoms with Gasteiger partial charge >= 0.3 is 5.97 Å². The van der Waals surface area contributed by atoms with E-state index in [1.807, 2.05) is 0 Å². The van der Waals surface area contributed by atoms with Crippen LogP contribution < -0.4 is 10.5 Å². The second-order valence-electron chi connectivity index (χ2n) is 7.47. The number of pyridine rings is 1. The third-order valence-corrected chi connectivity index (χ3v) is 4.95. The molecule has 3 aromatic rings. The lowest BCUT2D eigenvalue weighted by Gasteiger charge is -2.20. The smallest absolute Gasteiger partial charge is 0.337 e. The van der Waals surface area contributed by atoms with Crippen molar-refractivity contribution in [1.29, 1.82) is 0 Å². The van der Waals surface area contributed by atoms with E-state index in [4.69, 9.17) is 25.8 Å². The standard InChI is InChI=1S/C20H15F2NO3.C4H11NO3/c1-26-14-5-2-4-12(8-14)13-9-17(21)16(18(22)10-13)11-19-15(20(24)25)6-3-7-23-19;5-4(1-6,2-7)3-8/h2-10H,11H2,1H3,(H,24,25);6-8H,1-3,5H2. The molecule has 0 aliphatic rings. The zero-order valence-corrected chi connectivity index (χ0v) is 18.4. The number of hydrogen-bond acceptors (Lipinski definition) is 7. The third-order valence-electron chi connectivity index (χ3n) is 4.95. The van der Waals surface area contributed by atoms with Crippen LogP contribution in [-0.2, 0) is 6.42 Å². The molecule has 10 heteroatoms. The van der Waals surface area contributed by atoms with Crippen LogP contribution in [0.2, 0.25) is 0 Å². The number of aliphatic hydroxyl groups excluding tert-OH is 3. The van der Waals surface area contributed by atoms with E-state index in [-0.39, 0.29) is 23.2 Å². The minimum absolute atomic E-state index is 0.0804. The normalized spacial score (nSPS) is 10.9. The van der Waals surface area contributed by atoms with E-state index in [0.29, 0.717) is 16.9 Å². The summed E-state index contributed by atoms with van der Waals surface area (Å²) < 4.78 is 34.2. The van der Waals surface area contributed by atoms with Crippen molar-refractivity contribution < 1.29 is 38.7 Å². The molecule has 182 valence electrons. The molecule has 0 fully saturated rings. The van der Waals surface area contributed by atoms with Crippen molar-refractivity contribution in [2.24, 2.45) is 5.73 Å². The molecule has 0 amide bonds. The van der Waals surface area contributed by atoms with E-state index in [2.05, 4.69) is 4.98 Å². The molecule has 0 bridgehead atoms. The molecular formula is C24H26F2N2O6. The summed E-state index contributed by atoms with van der Waals surface area (Å²) in [5, 5.41) is 34.2. The van der Waals surface area contributed by atoms with Crippen LogP contribution in [0.5, 0.6) is 5.75 Å². The van der Waals surface area contributed by atoms with Crippen molar-refractivity contribution in [3.63, 3.8) is 0 Å². The van der Waals surface area contributed by atoms with Gasteiger partial charge in [-0.25, -0.2) is 13.6 Å². The molecule has 0 spiro atoms. The monoisotopic (exact) mass is 476 g/mol. The molecule has 1 aromatic heterocycles. The molecule has 0 atom stereocenters. The number of ether oxygens (including phenoxy) is 1. The van der Waals surface area contributed by atoms with E-state index in [9.17, 15) is 18.7 Å². The topological polar surface area (TPSA) is 146 Å². The van der Waals surface area contributed by atoms with Gasteiger partial charge in [0.25, 0.3) is 0 Å². The highest BCUT2D eigenvalue weighted by molar-refractivity contribution is 5.88. The lowest BCUT2D eigenvalue weighted by Crippen LogP contribution is -2.50. The second-order valence-corrected chi connectivity index (χ2v) is 7.47. The van der Waals surface area contributed by atoms with Gasteiger partial charge in [0.2, 0.25) is 0 Å². The average molecular weight is 476 g/mol. The summed E-state index contributed by atoms with van der Waals surface area (Å²) in [5.41, 5.74) is 4.71. The van der Waals surface area contributed by atoms with Gasteiger partial charge in [-0.15, -0.1) is 0 Å². The number of halogens is 2. The predicted molar refractivity (Wildman–Crippen MR) is 121 cm³/mol. The molecule has 2 aromatic carbocycles. The number of hydrogen-bond donors (Lipinski definition) is 5. The van der Waals surface area contributed by atoms with E-state index >= 15 is 0 Å². The first-order chi connectivity index (χ1) is 16.2. The predicted octanol–water partition coefficient (Wildman–Crippen LogP) is 1.99. The van der Waals surface area contributed by atoms with E-state index in [1.165, 1.54) is 37.6 Å². The molecule has 34 heavy (non-hydrogen) atoms. The summed E-state index contributed by atoms with van der Waals surface area (Å²) >= 11 is 0. The molecular weight excluding hydrogens is 450 g/mol. The van der Waals surface area contributed by atoms with Gasteiger partial charge in [0.1, 0.15) is 17.4 Å². The fraction of sp³-hybridized carbons (Fsp3) is 0.250. The Bertz CT molecular complexity index is 1090. The quantitative estimate of drug-likeness (QED) is 0.332. The van der Waals surface area contributed by atoms with Gasteiger partial charge in [-0.05, 0) is 47.5 Å². The van der Waals surface area contributed by atoms with Crippen LogP contribution in [-0.4, -0.2) is 63.8 Å². The van der Waals surface area contributed by atoms with Crippen LogP contribution in [0.1, 0.15) is 21.6 Å². The SMILES string of the molecule is COc1cccc(-c2cc(F)c(Cc3ncccc3C(=O)O)c(F)c2)c1.NC(CO)(CO)CO. The zero-order valence-electron chi connectivity index (χ0n) is 18.4. The molecule has 3 rings (SSSR count). The van der Waals surface area contributed by atoms with Crippen molar-refractivity contribution in [1.82, 2.24) is 4.98 Å². The average Bonchev–Trinajstić information content (AvgIpc) is 2.86. The number of carboxylic acids is 1. The molecule has 8 nitrogen and oxygen atoms in total. The highest BCUT2D eigenvalue weighted by Gasteiger charge is 2.21. The molecule has 0 aliphatic carbocycles. The maximum Gasteiger partial charge on any atom is 0.337 e. The number of nitrogens with two attached hydrogens (primary N) is 1. The Hall–Kier alpha value is -3.44. The minimum atomic E-state index is -1.21. The molecule has 0 saturated heterocycles. The third kappa shape index (κ3) is 6.78. The second kappa shape index (κ2) is 12.1. The Morgan fingerprint density at radius 2 is 1.62 bits per heavy atom.